The van der Waals surface area contributed by atoms with Crippen molar-refractivity contribution in [3.8, 4) is 5.75 Å². The molecule has 1 aliphatic rings. The molecule has 0 radical (unpaired) electrons. The minimum absolute atomic E-state index is 0.0899. The van der Waals surface area contributed by atoms with E-state index in [4.69, 9.17) is 27.1 Å². The van der Waals surface area contributed by atoms with Gasteiger partial charge in [-0.25, -0.2) is 5.90 Å². The molecule has 2 N–H and O–H groups in total. The fourth-order valence-electron chi connectivity index (χ4n) is 1.82. The Morgan fingerprint density at radius 1 is 1.47 bits per heavy atom. The van der Waals surface area contributed by atoms with Crippen molar-refractivity contribution in [3.63, 3.8) is 0 Å². The molecule has 15 heavy (non-hydrogen) atoms. The van der Waals surface area contributed by atoms with Gasteiger partial charge in [-0.2, -0.15) is 0 Å². The van der Waals surface area contributed by atoms with Crippen LogP contribution in [0.1, 0.15) is 18.4 Å². The number of halogens is 1. The van der Waals surface area contributed by atoms with E-state index in [1.54, 1.807) is 7.11 Å². The van der Waals surface area contributed by atoms with Gasteiger partial charge in [0, 0.05) is 5.41 Å². The second-order valence-electron chi connectivity index (χ2n) is 3.94. The van der Waals surface area contributed by atoms with Crippen LogP contribution in [0, 0.1) is 0 Å². The van der Waals surface area contributed by atoms with Gasteiger partial charge in [0.2, 0.25) is 0 Å². The smallest absolute Gasteiger partial charge is 0.137 e. The monoisotopic (exact) mass is 227 g/mol. The summed E-state index contributed by atoms with van der Waals surface area (Å²) in [4.78, 5) is 4.75. The molecule has 1 saturated carbocycles. The first kappa shape index (κ1) is 10.7. The Labute approximate surface area is 94.1 Å². The Morgan fingerprint density at radius 3 is 2.73 bits per heavy atom. The van der Waals surface area contributed by atoms with Gasteiger partial charge in [0.25, 0.3) is 0 Å². The Bertz CT molecular complexity index is 364. The molecule has 0 saturated heterocycles. The van der Waals surface area contributed by atoms with Crippen LogP contribution in [-0.2, 0) is 10.3 Å². The average molecular weight is 228 g/mol. The lowest BCUT2D eigenvalue weighted by atomic mass is 9.97. The van der Waals surface area contributed by atoms with Crippen molar-refractivity contribution < 1.29 is 9.57 Å². The zero-order valence-corrected chi connectivity index (χ0v) is 9.38. The summed E-state index contributed by atoms with van der Waals surface area (Å²) >= 11 is 5.96. The van der Waals surface area contributed by atoms with Crippen LogP contribution >= 0.6 is 11.6 Å². The van der Waals surface area contributed by atoms with Gasteiger partial charge >= 0.3 is 0 Å². The molecule has 1 aliphatic carbocycles. The fraction of sp³-hybridized carbons (Fsp3) is 0.455. The number of hydrogen-bond acceptors (Lipinski definition) is 3. The maximum absolute atomic E-state index is 5.96. The van der Waals surface area contributed by atoms with Crippen LogP contribution in [0.4, 0.5) is 0 Å². The van der Waals surface area contributed by atoms with E-state index in [9.17, 15) is 0 Å². The molecule has 1 aromatic rings. The van der Waals surface area contributed by atoms with E-state index in [2.05, 4.69) is 0 Å². The summed E-state index contributed by atoms with van der Waals surface area (Å²) in [6.07, 6.45) is 2.21. The highest BCUT2D eigenvalue weighted by atomic mass is 35.5. The molecular weight excluding hydrogens is 214 g/mol. The van der Waals surface area contributed by atoms with Crippen LogP contribution in [0.5, 0.6) is 5.75 Å². The van der Waals surface area contributed by atoms with Gasteiger partial charge in [-0.3, -0.25) is 0 Å². The Hall–Kier alpha value is -0.770. The fourth-order valence-corrected chi connectivity index (χ4v) is 2.01. The lowest BCUT2D eigenvalue weighted by molar-refractivity contribution is 0.116. The molecular formula is C11H14ClNO2. The van der Waals surface area contributed by atoms with E-state index in [1.165, 1.54) is 5.56 Å². The van der Waals surface area contributed by atoms with Crippen molar-refractivity contribution in [2.45, 2.75) is 18.3 Å². The number of hydrogen-bond donors (Lipinski definition) is 1. The summed E-state index contributed by atoms with van der Waals surface area (Å²) in [5.41, 5.74) is 1.28. The van der Waals surface area contributed by atoms with E-state index in [1.807, 2.05) is 18.2 Å². The number of ether oxygens (including phenoxy) is 1. The number of methoxy groups -OCH3 is 1. The maximum Gasteiger partial charge on any atom is 0.137 e. The summed E-state index contributed by atoms with van der Waals surface area (Å²) in [6.45, 7) is 0.553. The van der Waals surface area contributed by atoms with E-state index >= 15 is 0 Å². The minimum atomic E-state index is 0.0899. The van der Waals surface area contributed by atoms with Crippen LogP contribution in [0.25, 0.3) is 0 Å². The van der Waals surface area contributed by atoms with Crippen LogP contribution in [-0.4, -0.2) is 13.7 Å². The Kier molecular flexibility index (Phi) is 2.87. The van der Waals surface area contributed by atoms with Crippen molar-refractivity contribution in [1.82, 2.24) is 0 Å². The van der Waals surface area contributed by atoms with Crippen LogP contribution in [0.2, 0.25) is 5.02 Å². The number of benzene rings is 1. The predicted octanol–water partition coefficient (Wildman–Crippen LogP) is 2.27. The molecule has 4 heteroatoms. The first-order valence-corrected chi connectivity index (χ1v) is 5.25. The summed E-state index contributed by atoms with van der Waals surface area (Å²) in [7, 11) is 1.62. The Morgan fingerprint density at radius 2 is 2.20 bits per heavy atom. The van der Waals surface area contributed by atoms with Gasteiger partial charge in [-0.1, -0.05) is 17.7 Å². The lowest BCUT2D eigenvalue weighted by Crippen LogP contribution is -2.18. The Balaban J connectivity index is 2.29. The van der Waals surface area contributed by atoms with Gasteiger partial charge in [-0.05, 0) is 30.5 Å². The maximum atomic E-state index is 5.96. The summed E-state index contributed by atoms with van der Waals surface area (Å²) in [5, 5.41) is 0.630. The second kappa shape index (κ2) is 4.00. The zero-order chi connectivity index (χ0) is 10.9. The van der Waals surface area contributed by atoms with Gasteiger partial charge in [0.1, 0.15) is 5.75 Å². The molecule has 0 amide bonds. The third kappa shape index (κ3) is 1.95. The third-order valence-corrected chi connectivity index (χ3v) is 3.29. The van der Waals surface area contributed by atoms with E-state index in [-0.39, 0.29) is 5.41 Å². The first-order valence-electron chi connectivity index (χ1n) is 4.87. The molecule has 0 atom stereocenters. The molecule has 3 nitrogen and oxygen atoms in total. The third-order valence-electron chi connectivity index (χ3n) is 2.98. The predicted molar refractivity (Wildman–Crippen MR) is 59.1 cm³/mol. The van der Waals surface area contributed by atoms with Gasteiger partial charge < -0.3 is 9.57 Å². The normalized spacial score (nSPS) is 17.5. The molecule has 1 aromatic carbocycles. The topological polar surface area (TPSA) is 44.5 Å². The molecule has 0 heterocycles. The summed E-state index contributed by atoms with van der Waals surface area (Å²) in [6, 6.07) is 5.83. The standard InChI is InChI=1S/C11H14ClNO2/c1-14-10-6-8(2-3-9(10)12)11(4-5-11)7-15-13/h2-3,6H,4-5,7,13H2,1H3. The molecule has 0 bridgehead atoms. The van der Waals surface area contributed by atoms with Crippen molar-refractivity contribution in [2.24, 2.45) is 5.90 Å². The van der Waals surface area contributed by atoms with Crippen molar-refractivity contribution >= 4 is 11.6 Å². The highest BCUT2D eigenvalue weighted by Crippen LogP contribution is 2.49. The van der Waals surface area contributed by atoms with Gasteiger partial charge in [0.15, 0.2) is 0 Å². The SMILES string of the molecule is COc1cc(C2(CON)CC2)ccc1Cl. The quantitative estimate of drug-likeness (QED) is 0.803. The highest BCUT2D eigenvalue weighted by Gasteiger charge is 2.44. The van der Waals surface area contributed by atoms with Crippen LogP contribution < -0.4 is 10.6 Å². The molecule has 82 valence electrons. The summed E-state index contributed by atoms with van der Waals surface area (Å²) < 4.78 is 5.18. The molecule has 0 aliphatic heterocycles. The molecule has 0 spiro atoms. The van der Waals surface area contributed by atoms with Gasteiger partial charge in [0.05, 0.1) is 18.7 Å². The second-order valence-corrected chi connectivity index (χ2v) is 4.35. The highest BCUT2D eigenvalue weighted by molar-refractivity contribution is 6.32. The largest absolute Gasteiger partial charge is 0.495 e. The average Bonchev–Trinajstić information content (AvgIpc) is 3.00. The first-order chi connectivity index (χ1) is 7.22. The van der Waals surface area contributed by atoms with Crippen LogP contribution in [0.15, 0.2) is 18.2 Å². The molecule has 1 fully saturated rings. The number of nitrogens with two attached hydrogens (primary N) is 1. The molecule has 0 aromatic heterocycles. The van der Waals surface area contributed by atoms with Gasteiger partial charge in [-0.15, -0.1) is 0 Å². The summed E-state index contributed by atoms with van der Waals surface area (Å²) in [5.74, 6) is 5.84. The molecule has 2 rings (SSSR count). The lowest BCUT2D eigenvalue weighted by Gasteiger charge is -2.15. The molecule has 0 unspecified atom stereocenters. The van der Waals surface area contributed by atoms with Crippen molar-refractivity contribution in [1.29, 1.82) is 0 Å². The minimum Gasteiger partial charge on any atom is -0.495 e. The number of rotatable bonds is 4. The van der Waals surface area contributed by atoms with Crippen molar-refractivity contribution in [2.75, 3.05) is 13.7 Å². The van der Waals surface area contributed by atoms with E-state index in [0.29, 0.717) is 17.4 Å². The van der Waals surface area contributed by atoms with E-state index in [0.717, 1.165) is 12.8 Å². The van der Waals surface area contributed by atoms with Crippen molar-refractivity contribution in [3.05, 3.63) is 28.8 Å². The zero-order valence-electron chi connectivity index (χ0n) is 8.63. The van der Waals surface area contributed by atoms with Crippen LogP contribution in [0.3, 0.4) is 0 Å². The van der Waals surface area contributed by atoms with E-state index < -0.39 is 0 Å².